The Morgan fingerprint density at radius 3 is 2.93 bits per heavy atom. The Hall–Kier alpha value is -2.24. The molecule has 0 spiro atoms. The lowest BCUT2D eigenvalue weighted by molar-refractivity contribution is -0.383. The third-order valence-electron chi connectivity index (χ3n) is 1.78. The second-order valence-electron chi connectivity index (χ2n) is 2.68. The van der Waals surface area contributed by atoms with E-state index in [2.05, 4.69) is 9.97 Å². The maximum absolute atomic E-state index is 10.9. The van der Waals surface area contributed by atoms with E-state index in [1.54, 1.807) is 6.07 Å². The fourth-order valence-corrected chi connectivity index (χ4v) is 1.20. The van der Waals surface area contributed by atoms with E-state index >= 15 is 0 Å². The minimum Gasteiger partial charge on any atom is -0.319 e. The van der Waals surface area contributed by atoms with Crippen molar-refractivity contribution in [3.8, 4) is 0 Å². The van der Waals surface area contributed by atoms with Crippen LogP contribution in [0.4, 0.5) is 5.69 Å². The molecule has 0 unspecified atom stereocenters. The van der Waals surface area contributed by atoms with Gasteiger partial charge in [0, 0.05) is 6.07 Å². The van der Waals surface area contributed by atoms with Gasteiger partial charge in [-0.15, -0.1) is 0 Å². The van der Waals surface area contributed by atoms with E-state index < -0.39 is 4.92 Å². The molecule has 1 N–H and O–H groups in total. The summed E-state index contributed by atoms with van der Waals surface area (Å²) in [4.78, 5) is 27.1. The van der Waals surface area contributed by atoms with Crippen molar-refractivity contribution in [2.75, 3.05) is 0 Å². The van der Waals surface area contributed by atoms with E-state index in [1.165, 1.54) is 12.1 Å². The average Bonchev–Trinajstić information content (AvgIpc) is 2.16. The van der Waals surface area contributed by atoms with Crippen LogP contribution < -0.4 is 5.56 Å². The van der Waals surface area contributed by atoms with Crippen molar-refractivity contribution in [1.82, 2.24) is 9.97 Å². The summed E-state index contributed by atoms with van der Waals surface area (Å²) >= 11 is 0. The van der Waals surface area contributed by atoms with Gasteiger partial charge in [0.15, 0.2) is 5.52 Å². The van der Waals surface area contributed by atoms with Crippen molar-refractivity contribution in [2.45, 2.75) is 0 Å². The first kappa shape index (κ1) is 8.36. The van der Waals surface area contributed by atoms with E-state index in [9.17, 15) is 14.9 Å². The molecule has 0 aliphatic rings. The minimum absolute atomic E-state index is 0.112. The molecule has 0 aliphatic heterocycles. The topological polar surface area (TPSA) is 88.9 Å². The molecule has 6 nitrogen and oxygen atoms in total. The van der Waals surface area contributed by atoms with Crippen molar-refractivity contribution < 1.29 is 4.92 Å². The molecule has 14 heavy (non-hydrogen) atoms. The van der Waals surface area contributed by atoms with Crippen molar-refractivity contribution in [1.29, 1.82) is 0 Å². The Morgan fingerprint density at radius 1 is 1.43 bits per heavy atom. The van der Waals surface area contributed by atoms with Crippen molar-refractivity contribution in [3.63, 3.8) is 0 Å². The van der Waals surface area contributed by atoms with Gasteiger partial charge in [0.25, 0.3) is 11.2 Å². The van der Waals surface area contributed by atoms with Crippen LogP contribution in [0.15, 0.2) is 29.2 Å². The molecule has 0 saturated carbocycles. The molecule has 0 fully saturated rings. The molecule has 1 heterocycles. The highest BCUT2D eigenvalue weighted by Gasteiger charge is 2.11. The first-order valence-corrected chi connectivity index (χ1v) is 3.81. The first-order valence-electron chi connectivity index (χ1n) is 3.81. The van der Waals surface area contributed by atoms with Gasteiger partial charge in [-0.1, -0.05) is 6.07 Å². The third kappa shape index (κ3) is 1.22. The van der Waals surface area contributed by atoms with Crippen LogP contribution in [0.1, 0.15) is 0 Å². The predicted molar refractivity (Wildman–Crippen MR) is 49.0 cm³/mol. The molecule has 0 aliphatic carbocycles. The fraction of sp³-hybridized carbons (Fsp3) is 0. The summed E-state index contributed by atoms with van der Waals surface area (Å²) in [6.07, 6.45) is 1.02. The van der Waals surface area contributed by atoms with Crippen LogP contribution in [-0.2, 0) is 0 Å². The van der Waals surface area contributed by atoms with Crippen LogP contribution >= 0.6 is 0 Å². The van der Waals surface area contributed by atoms with E-state index in [-0.39, 0.29) is 16.8 Å². The monoisotopic (exact) mass is 191 g/mol. The van der Waals surface area contributed by atoms with Crippen LogP contribution in [0.2, 0.25) is 0 Å². The second-order valence-corrected chi connectivity index (χ2v) is 2.68. The molecule has 1 aromatic heterocycles. The van der Waals surface area contributed by atoms with E-state index in [0.29, 0.717) is 5.52 Å². The van der Waals surface area contributed by atoms with Gasteiger partial charge in [-0.25, -0.2) is 4.98 Å². The zero-order valence-electron chi connectivity index (χ0n) is 6.93. The van der Waals surface area contributed by atoms with Gasteiger partial charge in [-0.2, -0.15) is 0 Å². The fourth-order valence-electron chi connectivity index (χ4n) is 1.20. The summed E-state index contributed by atoms with van der Waals surface area (Å²) < 4.78 is 0. The highest BCUT2D eigenvalue weighted by Crippen LogP contribution is 2.19. The Kier molecular flexibility index (Phi) is 1.74. The van der Waals surface area contributed by atoms with Crippen LogP contribution in [0.3, 0.4) is 0 Å². The average molecular weight is 191 g/mol. The molecule has 0 bridgehead atoms. The number of hydrogen-bond acceptors (Lipinski definition) is 4. The molecule has 2 rings (SSSR count). The van der Waals surface area contributed by atoms with Gasteiger partial charge < -0.3 is 4.98 Å². The van der Waals surface area contributed by atoms with Crippen molar-refractivity contribution >= 4 is 16.7 Å². The number of rotatable bonds is 1. The number of fused-ring (bicyclic) bond motifs is 1. The highest BCUT2D eigenvalue weighted by molar-refractivity contribution is 5.83. The predicted octanol–water partition coefficient (Wildman–Crippen LogP) is 0.831. The number of aromatic nitrogens is 2. The summed E-state index contributed by atoms with van der Waals surface area (Å²) in [5.41, 5.74) is 0.0700. The zero-order valence-corrected chi connectivity index (χ0v) is 6.93. The molecular formula is C8H5N3O3. The molecule has 0 atom stereocenters. The number of nitrogens with one attached hydrogen (secondary N) is 1. The standard InChI is InChI=1S/C8H5N3O3/c12-7-4-9-8-5(10-7)2-1-3-6(8)11(13)14/h1-4H,(H,10,12). The van der Waals surface area contributed by atoms with E-state index in [1.807, 2.05) is 0 Å². The summed E-state index contributed by atoms with van der Waals surface area (Å²) in [6, 6.07) is 4.41. The van der Waals surface area contributed by atoms with Crippen LogP contribution in [0.5, 0.6) is 0 Å². The van der Waals surface area contributed by atoms with Crippen LogP contribution in [0.25, 0.3) is 11.0 Å². The van der Waals surface area contributed by atoms with Gasteiger partial charge in [0.05, 0.1) is 16.6 Å². The third-order valence-corrected chi connectivity index (χ3v) is 1.78. The van der Waals surface area contributed by atoms with E-state index in [0.717, 1.165) is 6.20 Å². The number of hydrogen-bond donors (Lipinski definition) is 1. The lowest BCUT2D eigenvalue weighted by atomic mass is 10.2. The number of aromatic amines is 1. The number of para-hydroxylation sites is 1. The summed E-state index contributed by atoms with van der Waals surface area (Å²) in [7, 11) is 0. The van der Waals surface area contributed by atoms with Crippen molar-refractivity contribution in [3.05, 3.63) is 44.9 Å². The smallest absolute Gasteiger partial charge is 0.296 e. The zero-order chi connectivity index (χ0) is 10.1. The number of nitro groups is 1. The molecule has 0 radical (unpaired) electrons. The van der Waals surface area contributed by atoms with Crippen molar-refractivity contribution in [2.24, 2.45) is 0 Å². The van der Waals surface area contributed by atoms with E-state index in [4.69, 9.17) is 0 Å². The minimum atomic E-state index is -0.534. The molecule has 0 saturated heterocycles. The maximum Gasteiger partial charge on any atom is 0.296 e. The number of nitro benzene ring substituents is 1. The lowest BCUT2D eigenvalue weighted by Gasteiger charge is -1.96. The number of benzene rings is 1. The summed E-state index contributed by atoms with van der Waals surface area (Å²) in [5.74, 6) is 0. The number of non-ortho nitro benzene ring substituents is 1. The van der Waals surface area contributed by atoms with Gasteiger partial charge >= 0.3 is 0 Å². The molecule has 6 heteroatoms. The normalized spacial score (nSPS) is 10.3. The summed E-state index contributed by atoms with van der Waals surface area (Å²) in [6.45, 7) is 0. The summed E-state index contributed by atoms with van der Waals surface area (Å²) in [5, 5.41) is 10.6. The molecule has 70 valence electrons. The Balaban J connectivity index is 2.88. The quantitative estimate of drug-likeness (QED) is 0.534. The maximum atomic E-state index is 10.9. The first-order chi connectivity index (χ1) is 6.68. The van der Waals surface area contributed by atoms with Crippen LogP contribution in [0, 0.1) is 10.1 Å². The lowest BCUT2D eigenvalue weighted by Crippen LogP contribution is -2.05. The van der Waals surface area contributed by atoms with Crippen LogP contribution in [-0.4, -0.2) is 14.9 Å². The number of H-pyrrole nitrogens is 1. The van der Waals surface area contributed by atoms with Gasteiger partial charge in [-0.05, 0) is 6.07 Å². The Bertz CT molecular complexity index is 561. The van der Waals surface area contributed by atoms with Gasteiger partial charge in [0.2, 0.25) is 0 Å². The number of nitrogens with zero attached hydrogens (tertiary/aromatic N) is 2. The van der Waals surface area contributed by atoms with Gasteiger partial charge in [0.1, 0.15) is 0 Å². The molecular weight excluding hydrogens is 186 g/mol. The Morgan fingerprint density at radius 2 is 2.21 bits per heavy atom. The second kappa shape index (κ2) is 2.91. The molecule has 0 amide bonds. The Labute approximate surface area is 77.4 Å². The SMILES string of the molecule is O=c1cnc2c([N+](=O)[O-])cccc2[nH]1. The largest absolute Gasteiger partial charge is 0.319 e. The molecule has 2 aromatic rings. The van der Waals surface area contributed by atoms with Gasteiger partial charge in [-0.3, -0.25) is 14.9 Å². The molecule has 1 aromatic carbocycles. The highest BCUT2D eigenvalue weighted by atomic mass is 16.6.